The lowest BCUT2D eigenvalue weighted by Crippen LogP contribution is -2.11. The van der Waals surface area contributed by atoms with E-state index in [4.69, 9.17) is 5.90 Å². The molecule has 0 unspecified atom stereocenters. The van der Waals surface area contributed by atoms with Gasteiger partial charge in [0.2, 0.25) is 0 Å². The summed E-state index contributed by atoms with van der Waals surface area (Å²) >= 11 is 0. The molecule has 3 nitrogen and oxygen atoms in total. The Morgan fingerprint density at radius 3 is 3.00 bits per heavy atom. The largest absolute Gasteiger partial charge is 0.412 e. The van der Waals surface area contributed by atoms with Gasteiger partial charge in [0.25, 0.3) is 0 Å². The van der Waals surface area contributed by atoms with Crippen LogP contribution in [-0.4, -0.2) is 6.54 Å². The summed E-state index contributed by atoms with van der Waals surface area (Å²) in [4.78, 5) is 4.43. The first kappa shape index (κ1) is 5.18. The summed E-state index contributed by atoms with van der Waals surface area (Å²) < 4.78 is 0. The van der Waals surface area contributed by atoms with Crippen LogP contribution in [0.4, 0.5) is 0 Å². The van der Waals surface area contributed by atoms with E-state index < -0.39 is 0 Å². The number of dihydropyridines is 1. The fourth-order valence-electron chi connectivity index (χ4n) is 0.524. The molecule has 0 spiro atoms. The van der Waals surface area contributed by atoms with E-state index in [1.807, 2.05) is 6.08 Å². The second kappa shape index (κ2) is 2.37. The van der Waals surface area contributed by atoms with Gasteiger partial charge in [0.15, 0.2) is 0 Å². The Balaban J connectivity index is 2.51. The maximum atomic E-state index is 4.86. The molecule has 3 N–H and O–H groups in total. The second-order valence-electron chi connectivity index (χ2n) is 1.47. The molecule has 0 aromatic heterocycles. The Bertz CT molecular complexity index is 128. The lowest BCUT2D eigenvalue weighted by atomic mass is 10.4. The number of nitrogens with one attached hydrogen (secondary N) is 1. The Kier molecular flexibility index (Phi) is 1.54. The summed E-state index contributed by atoms with van der Waals surface area (Å²) in [5.74, 6) is 5.57. The topological polar surface area (TPSA) is 47.3 Å². The van der Waals surface area contributed by atoms with Gasteiger partial charge in [-0.1, -0.05) is 0 Å². The van der Waals surface area contributed by atoms with Crippen LogP contribution in [0.1, 0.15) is 0 Å². The third-order valence-corrected chi connectivity index (χ3v) is 0.923. The summed E-state index contributed by atoms with van der Waals surface area (Å²) in [6.45, 7) is 0.795. The molecule has 44 valence electrons. The van der Waals surface area contributed by atoms with E-state index in [0.29, 0.717) is 5.76 Å². The first-order chi connectivity index (χ1) is 3.93. The van der Waals surface area contributed by atoms with Gasteiger partial charge in [0.05, 0.1) is 0 Å². The van der Waals surface area contributed by atoms with Crippen molar-refractivity contribution in [2.75, 3.05) is 6.54 Å². The fourth-order valence-corrected chi connectivity index (χ4v) is 0.524. The predicted molar refractivity (Wildman–Crippen MR) is 30.5 cm³/mol. The normalized spacial score (nSPS) is 16.9. The third kappa shape index (κ3) is 1.01. The minimum atomic E-state index is 0.712. The van der Waals surface area contributed by atoms with Crippen molar-refractivity contribution in [2.45, 2.75) is 0 Å². The Labute approximate surface area is 47.8 Å². The smallest absolute Gasteiger partial charge is 0.146 e. The average Bonchev–Trinajstić information content (AvgIpc) is 1.90. The van der Waals surface area contributed by atoms with E-state index in [2.05, 4.69) is 10.2 Å². The zero-order valence-corrected chi connectivity index (χ0v) is 4.42. The summed E-state index contributed by atoms with van der Waals surface area (Å²) in [6.07, 6.45) is 5.42. The molecule has 1 aliphatic heterocycles. The number of rotatable bonds is 1. The van der Waals surface area contributed by atoms with E-state index in [9.17, 15) is 0 Å². The van der Waals surface area contributed by atoms with Crippen molar-refractivity contribution in [2.24, 2.45) is 5.90 Å². The van der Waals surface area contributed by atoms with E-state index in [1.165, 1.54) is 0 Å². The molecule has 1 aliphatic rings. The van der Waals surface area contributed by atoms with Crippen LogP contribution in [0.5, 0.6) is 0 Å². The SMILES string of the molecule is NOC1=CCNC=C1. The minimum Gasteiger partial charge on any atom is -0.412 e. The maximum absolute atomic E-state index is 4.86. The molecular formula is C5H8N2O. The Morgan fingerprint density at radius 2 is 2.62 bits per heavy atom. The van der Waals surface area contributed by atoms with Crippen LogP contribution in [0.3, 0.4) is 0 Å². The molecule has 0 radical (unpaired) electrons. The zero-order valence-electron chi connectivity index (χ0n) is 4.42. The van der Waals surface area contributed by atoms with Crippen LogP contribution in [-0.2, 0) is 4.84 Å². The van der Waals surface area contributed by atoms with E-state index in [1.54, 1.807) is 12.3 Å². The fraction of sp³-hybridized carbons (Fsp3) is 0.200. The molecule has 0 aliphatic carbocycles. The molecule has 8 heavy (non-hydrogen) atoms. The maximum Gasteiger partial charge on any atom is 0.146 e. The van der Waals surface area contributed by atoms with E-state index in [0.717, 1.165) is 6.54 Å². The summed E-state index contributed by atoms with van der Waals surface area (Å²) in [5.41, 5.74) is 0. The number of allylic oxidation sites excluding steroid dienone is 1. The van der Waals surface area contributed by atoms with Gasteiger partial charge >= 0.3 is 0 Å². The Morgan fingerprint density at radius 1 is 1.75 bits per heavy atom. The van der Waals surface area contributed by atoms with Crippen LogP contribution in [0.15, 0.2) is 24.1 Å². The number of hydrogen-bond acceptors (Lipinski definition) is 3. The molecule has 3 heteroatoms. The second-order valence-corrected chi connectivity index (χ2v) is 1.47. The molecule has 0 aromatic carbocycles. The highest BCUT2D eigenvalue weighted by molar-refractivity contribution is 5.15. The molecular weight excluding hydrogens is 104 g/mol. The van der Waals surface area contributed by atoms with Crippen molar-refractivity contribution >= 4 is 0 Å². The first-order valence-corrected chi connectivity index (χ1v) is 2.40. The van der Waals surface area contributed by atoms with Gasteiger partial charge in [-0.15, -0.1) is 0 Å². The van der Waals surface area contributed by atoms with Gasteiger partial charge in [0, 0.05) is 12.7 Å². The van der Waals surface area contributed by atoms with Crippen molar-refractivity contribution in [1.82, 2.24) is 5.32 Å². The molecule has 1 rings (SSSR count). The lowest BCUT2D eigenvalue weighted by Gasteiger charge is -2.04. The molecule has 0 fully saturated rings. The molecule has 0 saturated heterocycles. The van der Waals surface area contributed by atoms with Crippen LogP contribution in [0.2, 0.25) is 0 Å². The van der Waals surface area contributed by atoms with E-state index >= 15 is 0 Å². The van der Waals surface area contributed by atoms with E-state index in [-0.39, 0.29) is 0 Å². The predicted octanol–water partition coefficient (Wildman–Crippen LogP) is -0.122. The zero-order chi connectivity index (χ0) is 5.82. The quantitative estimate of drug-likeness (QED) is 0.465. The van der Waals surface area contributed by atoms with Crippen LogP contribution in [0.25, 0.3) is 0 Å². The lowest BCUT2D eigenvalue weighted by molar-refractivity contribution is 0.231. The standard InChI is InChI=1S/C5H8N2O/c6-8-5-1-3-7-4-2-5/h1-3,7H,4,6H2. The van der Waals surface area contributed by atoms with Crippen LogP contribution in [0, 0.1) is 0 Å². The number of nitrogens with two attached hydrogens (primary N) is 1. The summed E-state index contributed by atoms with van der Waals surface area (Å²) in [5, 5.41) is 2.96. The van der Waals surface area contributed by atoms with Gasteiger partial charge in [0.1, 0.15) is 5.76 Å². The third-order valence-electron chi connectivity index (χ3n) is 0.923. The molecule has 0 saturated carbocycles. The highest BCUT2D eigenvalue weighted by Gasteiger charge is 1.91. The number of hydrogen-bond donors (Lipinski definition) is 2. The highest BCUT2D eigenvalue weighted by atomic mass is 16.6. The molecule has 0 aromatic rings. The molecule has 0 bridgehead atoms. The monoisotopic (exact) mass is 112 g/mol. The first-order valence-electron chi connectivity index (χ1n) is 2.40. The van der Waals surface area contributed by atoms with Crippen LogP contribution >= 0.6 is 0 Å². The van der Waals surface area contributed by atoms with Crippen molar-refractivity contribution in [1.29, 1.82) is 0 Å². The van der Waals surface area contributed by atoms with Gasteiger partial charge in [-0.25, -0.2) is 0 Å². The Hall–Kier alpha value is -0.960. The molecule has 0 amide bonds. The van der Waals surface area contributed by atoms with Crippen LogP contribution < -0.4 is 11.2 Å². The van der Waals surface area contributed by atoms with Crippen molar-refractivity contribution in [3.63, 3.8) is 0 Å². The summed E-state index contributed by atoms with van der Waals surface area (Å²) in [7, 11) is 0. The van der Waals surface area contributed by atoms with Gasteiger partial charge in [-0.05, 0) is 12.2 Å². The molecule has 0 atom stereocenters. The van der Waals surface area contributed by atoms with Crippen molar-refractivity contribution in [3.05, 3.63) is 24.1 Å². The summed E-state index contributed by atoms with van der Waals surface area (Å²) in [6, 6.07) is 0. The van der Waals surface area contributed by atoms with Crippen molar-refractivity contribution < 1.29 is 4.84 Å². The highest BCUT2D eigenvalue weighted by Crippen LogP contribution is 1.96. The average molecular weight is 112 g/mol. The minimum absolute atomic E-state index is 0.712. The van der Waals surface area contributed by atoms with Gasteiger partial charge in [-0.3, -0.25) is 0 Å². The van der Waals surface area contributed by atoms with Gasteiger partial charge in [-0.2, -0.15) is 5.90 Å². The van der Waals surface area contributed by atoms with Gasteiger partial charge < -0.3 is 10.2 Å². The molecule has 1 heterocycles. The van der Waals surface area contributed by atoms with Crippen molar-refractivity contribution in [3.8, 4) is 0 Å².